The third kappa shape index (κ3) is 3.85. The molecule has 0 spiro atoms. The Morgan fingerprint density at radius 2 is 2.29 bits per heavy atom. The van der Waals surface area contributed by atoms with Crippen molar-refractivity contribution in [1.82, 2.24) is 14.9 Å². The highest BCUT2D eigenvalue weighted by atomic mass is 16.5. The van der Waals surface area contributed by atoms with Crippen molar-refractivity contribution in [2.75, 3.05) is 32.1 Å². The first-order valence-corrected chi connectivity index (χ1v) is 6.18. The highest BCUT2D eigenvalue weighted by molar-refractivity contribution is 5.36. The second-order valence-corrected chi connectivity index (χ2v) is 4.31. The number of hydrogen-bond acceptors (Lipinski definition) is 5. The van der Waals surface area contributed by atoms with Crippen molar-refractivity contribution in [2.24, 2.45) is 0 Å². The second kappa shape index (κ2) is 5.82. The van der Waals surface area contributed by atoms with Gasteiger partial charge in [0.2, 0.25) is 5.88 Å². The number of hydrogen-bond donors (Lipinski definition) is 1. The van der Waals surface area contributed by atoms with E-state index in [2.05, 4.69) is 27.2 Å². The van der Waals surface area contributed by atoms with E-state index in [1.165, 1.54) is 19.2 Å². The largest absolute Gasteiger partial charge is 0.478 e. The molecule has 1 saturated carbocycles. The third-order valence-electron chi connectivity index (χ3n) is 2.88. The molecule has 1 fully saturated rings. The van der Waals surface area contributed by atoms with Gasteiger partial charge in [-0.2, -0.15) is 0 Å². The van der Waals surface area contributed by atoms with E-state index in [0.29, 0.717) is 12.5 Å². The van der Waals surface area contributed by atoms with Crippen LogP contribution in [0.15, 0.2) is 12.4 Å². The molecule has 0 amide bonds. The molecular formula is C12H20N4O. The minimum atomic E-state index is 0.626. The maximum absolute atomic E-state index is 5.32. The highest BCUT2D eigenvalue weighted by Gasteiger charge is 2.25. The molecule has 0 aliphatic heterocycles. The van der Waals surface area contributed by atoms with Crippen LogP contribution >= 0.6 is 0 Å². The third-order valence-corrected chi connectivity index (χ3v) is 2.88. The molecule has 1 aliphatic rings. The summed E-state index contributed by atoms with van der Waals surface area (Å²) >= 11 is 0. The summed E-state index contributed by atoms with van der Waals surface area (Å²) in [5.41, 5.74) is 0. The molecule has 94 valence electrons. The van der Waals surface area contributed by atoms with Crippen molar-refractivity contribution >= 4 is 5.82 Å². The number of likely N-dealkylation sites (N-methyl/N-ethyl adjacent to an activating group) is 1. The Kier molecular flexibility index (Phi) is 4.14. The molecule has 5 heteroatoms. The minimum absolute atomic E-state index is 0.626. The predicted octanol–water partition coefficient (Wildman–Crippen LogP) is 1.38. The number of ether oxygens (including phenoxy) is 1. The van der Waals surface area contributed by atoms with Crippen molar-refractivity contribution in [2.45, 2.75) is 25.8 Å². The number of nitrogens with one attached hydrogen (secondary N) is 1. The molecule has 0 atom stereocenters. The molecule has 0 bridgehead atoms. The van der Waals surface area contributed by atoms with Crippen LogP contribution in [0.4, 0.5) is 5.82 Å². The molecule has 1 aromatic rings. The van der Waals surface area contributed by atoms with Crippen molar-refractivity contribution in [1.29, 1.82) is 0 Å². The van der Waals surface area contributed by atoms with Gasteiger partial charge in [0.25, 0.3) is 0 Å². The first-order chi connectivity index (χ1) is 8.29. The molecule has 1 N–H and O–H groups in total. The monoisotopic (exact) mass is 236 g/mol. The van der Waals surface area contributed by atoms with Crippen LogP contribution < -0.4 is 10.1 Å². The Morgan fingerprint density at radius 1 is 1.47 bits per heavy atom. The fourth-order valence-corrected chi connectivity index (χ4v) is 1.72. The van der Waals surface area contributed by atoms with Gasteiger partial charge in [0, 0.05) is 25.2 Å². The molecule has 1 heterocycles. The first-order valence-electron chi connectivity index (χ1n) is 6.18. The summed E-state index contributed by atoms with van der Waals surface area (Å²) in [4.78, 5) is 10.6. The maximum Gasteiger partial charge on any atom is 0.218 e. The molecule has 0 aromatic carbocycles. The van der Waals surface area contributed by atoms with Gasteiger partial charge in [-0.15, -0.1) is 0 Å². The quantitative estimate of drug-likeness (QED) is 0.775. The van der Waals surface area contributed by atoms with Gasteiger partial charge in [-0.3, -0.25) is 0 Å². The molecule has 5 nitrogen and oxygen atoms in total. The van der Waals surface area contributed by atoms with Gasteiger partial charge in [0.05, 0.1) is 6.61 Å². The van der Waals surface area contributed by atoms with Crippen LogP contribution in [-0.4, -0.2) is 47.7 Å². The number of aromatic nitrogens is 2. The Bertz CT molecular complexity index is 354. The molecule has 17 heavy (non-hydrogen) atoms. The Labute approximate surface area is 102 Å². The van der Waals surface area contributed by atoms with Crippen LogP contribution in [0.3, 0.4) is 0 Å². The zero-order valence-corrected chi connectivity index (χ0v) is 10.5. The number of anilines is 1. The van der Waals surface area contributed by atoms with E-state index in [1.54, 1.807) is 0 Å². The van der Waals surface area contributed by atoms with Crippen LogP contribution in [0.1, 0.15) is 19.8 Å². The summed E-state index contributed by atoms with van der Waals surface area (Å²) < 4.78 is 5.32. The molecular weight excluding hydrogens is 216 g/mol. The lowest BCUT2D eigenvalue weighted by Gasteiger charge is -2.15. The van der Waals surface area contributed by atoms with E-state index in [1.807, 2.05) is 13.0 Å². The van der Waals surface area contributed by atoms with Gasteiger partial charge in [-0.05, 0) is 26.8 Å². The average molecular weight is 236 g/mol. The summed E-state index contributed by atoms with van der Waals surface area (Å²) in [6.07, 6.45) is 4.22. The molecule has 0 radical (unpaired) electrons. The van der Waals surface area contributed by atoms with E-state index in [4.69, 9.17) is 4.74 Å². The van der Waals surface area contributed by atoms with Gasteiger partial charge in [-0.1, -0.05) is 0 Å². The Hall–Kier alpha value is -1.36. The normalized spacial score (nSPS) is 15.0. The minimum Gasteiger partial charge on any atom is -0.478 e. The number of nitrogens with zero attached hydrogens (tertiary/aromatic N) is 3. The van der Waals surface area contributed by atoms with Gasteiger partial charge < -0.3 is 15.0 Å². The van der Waals surface area contributed by atoms with E-state index in [-0.39, 0.29) is 0 Å². The molecule has 2 rings (SSSR count). The Balaban J connectivity index is 1.75. The lowest BCUT2D eigenvalue weighted by atomic mass is 10.4. The number of rotatable bonds is 7. The second-order valence-electron chi connectivity index (χ2n) is 4.31. The van der Waals surface area contributed by atoms with Crippen LogP contribution in [0.25, 0.3) is 0 Å². The van der Waals surface area contributed by atoms with Crippen molar-refractivity contribution in [3.05, 3.63) is 12.4 Å². The first kappa shape index (κ1) is 12.1. The van der Waals surface area contributed by atoms with Crippen LogP contribution in [0, 0.1) is 0 Å². The maximum atomic E-state index is 5.32. The summed E-state index contributed by atoms with van der Waals surface area (Å²) in [5, 5.41) is 3.28. The van der Waals surface area contributed by atoms with Gasteiger partial charge in [0.1, 0.15) is 12.1 Å². The Morgan fingerprint density at radius 3 is 3.00 bits per heavy atom. The van der Waals surface area contributed by atoms with Crippen LogP contribution in [0.5, 0.6) is 5.88 Å². The SMILES string of the molecule is CCOc1cc(NCCN(C)C2CC2)ncn1. The summed E-state index contributed by atoms with van der Waals surface area (Å²) in [6, 6.07) is 2.64. The standard InChI is InChI=1S/C12H20N4O/c1-3-17-12-8-11(14-9-15-12)13-6-7-16(2)10-4-5-10/h8-10H,3-7H2,1-2H3,(H,13,14,15). The van der Waals surface area contributed by atoms with E-state index >= 15 is 0 Å². The summed E-state index contributed by atoms with van der Waals surface area (Å²) in [6.45, 7) is 4.51. The van der Waals surface area contributed by atoms with Crippen molar-refractivity contribution in [3.63, 3.8) is 0 Å². The topological polar surface area (TPSA) is 50.3 Å². The zero-order valence-electron chi connectivity index (χ0n) is 10.5. The summed E-state index contributed by atoms with van der Waals surface area (Å²) in [5.74, 6) is 1.45. The van der Waals surface area contributed by atoms with Crippen LogP contribution in [-0.2, 0) is 0 Å². The summed E-state index contributed by atoms with van der Waals surface area (Å²) in [7, 11) is 2.17. The van der Waals surface area contributed by atoms with Crippen molar-refractivity contribution in [3.8, 4) is 5.88 Å². The average Bonchev–Trinajstić information content (AvgIpc) is 3.14. The highest BCUT2D eigenvalue weighted by Crippen LogP contribution is 2.24. The molecule has 1 aromatic heterocycles. The van der Waals surface area contributed by atoms with Gasteiger partial charge >= 0.3 is 0 Å². The van der Waals surface area contributed by atoms with Gasteiger partial charge in [0.15, 0.2) is 0 Å². The van der Waals surface area contributed by atoms with E-state index in [9.17, 15) is 0 Å². The molecule has 0 saturated heterocycles. The predicted molar refractivity (Wildman–Crippen MR) is 67.3 cm³/mol. The van der Waals surface area contributed by atoms with E-state index < -0.39 is 0 Å². The lowest BCUT2D eigenvalue weighted by Crippen LogP contribution is -2.27. The molecule has 1 aliphatic carbocycles. The van der Waals surface area contributed by atoms with Crippen molar-refractivity contribution < 1.29 is 4.74 Å². The smallest absolute Gasteiger partial charge is 0.218 e. The van der Waals surface area contributed by atoms with Crippen LogP contribution in [0.2, 0.25) is 0 Å². The molecule has 0 unspecified atom stereocenters. The zero-order chi connectivity index (χ0) is 12.1. The van der Waals surface area contributed by atoms with E-state index in [0.717, 1.165) is 24.9 Å². The van der Waals surface area contributed by atoms with Gasteiger partial charge in [-0.25, -0.2) is 9.97 Å². The fourth-order valence-electron chi connectivity index (χ4n) is 1.72. The fraction of sp³-hybridized carbons (Fsp3) is 0.667. The lowest BCUT2D eigenvalue weighted by molar-refractivity contribution is 0.326.